The van der Waals surface area contributed by atoms with Gasteiger partial charge in [-0.15, -0.1) is 11.3 Å². The highest BCUT2D eigenvalue weighted by Crippen LogP contribution is 2.24. The van der Waals surface area contributed by atoms with E-state index < -0.39 is 12.1 Å². The number of esters is 1. The monoisotopic (exact) mass is 404 g/mol. The molecule has 0 unspecified atom stereocenters. The fraction of sp³-hybridized carbons (Fsp3) is 0.450. The van der Waals surface area contributed by atoms with Gasteiger partial charge in [0, 0.05) is 30.7 Å². The van der Waals surface area contributed by atoms with Crippen LogP contribution in [0, 0.1) is 5.92 Å². The first-order valence-electron chi connectivity index (χ1n) is 9.36. The summed E-state index contributed by atoms with van der Waals surface area (Å²) >= 11 is 1.39. The molecular formula is C20H24N2O5S. The molecule has 0 aliphatic carbocycles. The quantitative estimate of drug-likeness (QED) is 0.709. The minimum Gasteiger partial charge on any atom is -0.461 e. The van der Waals surface area contributed by atoms with Crippen LogP contribution < -0.4 is 5.32 Å². The van der Waals surface area contributed by atoms with Crippen LogP contribution in [-0.2, 0) is 20.8 Å². The maximum atomic E-state index is 11.9. The third-order valence-electron chi connectivity index (χ3n) is 4.42. The summed E-state index contributed by atoms with van der Waals surface area (Å²) in [4.78, 5) is 27.9. The Balaban J connectivity index is 1.46. The third-order valence-corrected chi connectivity index (χ3v) is 5.31. The van der Waals surface area contributed by atoms with Crippen molar-refractivity contribution in [2.45, 2.75) is 26.3 Å². The van der Waals surface area contributed by atoms with Crippen LogP contribution in [0.15, 0.2) is 29.6 Å². The number of rotatable bonds is 7. The van der Waals surface area contributed by atoms with Gasteiger partial charge in [-0.3, -0.25) is 0 Å². The number of nitrogens with zero attached hydrogens (tertiary/aromatic N) is 1. The van der Waals surface area contributed by atoms with Gasteiger partial charge < -0.3 is 19.5 Å². The lowest BCUT2D eigenvalue weighted by atomic mass is 10.0. The molecule has 2 heterocycles. The van der Waals surface area contributed by atoms with E-state index in [1.807, 2.05) is 24.3 Å². The molecule has 3 rings (SSSR count). The van der Waals surface area contributed by atoms with Crippen molar-refractivity contribution in [1.29, 1.82) is 0 Å². The van der Waals surface area contributed by atoms with Crippen LogP contribution in [0.1, 0.15) is 35.8 Å². The highest BCUT2D eigenvalue weighted by atomic mass is 32.1. The van der Waals surface area contributed by atoms with Crippen molar-refractivity contribution >= 4 is 23.4 Å². The molecule has 1 N–H and O–H groups in total. The number of benzene rings is 1. The molecule has 1 aromatic carbocycles. The number of hydrogen-bond acceptors (Lipinski definition) is 7. The van der Waals surface area contributed by atoms with Crippen LogP contribution in [0.3, 0.4) is 0 Å². The van der Waals surface area contributed by atoms with Crippen molar-refractivity contribution in [3.05, 3.63) is 40.9 Å². The summed E-state index contributed by atoms with van der Waals surface area (Å²) in [5.41, 5.74) is 2.18. The Morgan fingerprint density at radius 2 is 1.96 bits per heavy atom. The Hall–Kier alpha value is -2.45. The van der Waals surface area contributed by atoms with Gasteiger partial charge in [-0.1, -0.05) is 24.3 Å². The number of nitrogens with one attached hydrogen (secondary N) is 1. The van der Waals surface area contributed by atoms with Gasteiger partial charge in [0.15, 0.2) is 5.69 Å². The van der Waals surface area contributed by atoms with Crippen molar-refractivity contribution in [2.75, 3.05) is 26.4 Å². The van der Waals surface area contributed by atoms with E-state index in [4.69, 9.17) is 14.2 Å². The lowest BCUT2D eigenvalue weighted by Crippen LogP contribution is -2.28. The summed E-state index contributed by atoms with van der Waals surface area (Å²) < 4.78 is 15.5. The summed E-state index contributed by atoms with van der Waals surface area (Å²) in [6, 6.07) is 7.66. The van der Waals surface area contributed by atoms with Gasteiger partial charge in [0.2, 0.25) is 0 Å². The molecule has 2 aromatic rings. The zero-order valence-electron chi connectivity index (χ0n) is 15.8. The number of carbonyl (C=O) groups is 2. The van der Waals surface area contributed by atoms with Crippen LogP contribution in [-0.4, -0.2) is 43.5 Å². The van der Waals surface area contributed by atoms with Gasteiger partial charge in [0.05, 0.1) is 13.2 Å². The second kappa shape index (κ2) is 10.2. The van der Waals surface area contributed by atoms with E-state index in [1.165, 1.54) is 11.3 Å². The van der Waals surface area contributed by atoms with E-state index in [1.54, 1.807) is 12.3 Å². The van der Waals surface area contributed by atoms with Crippen molar-refractivity contribution in [2.24, 2.45) is 5.92 Å². The first-order valence-corrected chi connectivity index (χ1v) is 10.2. The van der Waals surface area contributed by atoms with Crippen molar-refractivity contribution in [1.82, 2.24) is 10.3 Å². The van der Waals surface area contributed by atoms with E-state index in [0.717, 1.165) is 42.2 Å². The van der Waals surface area contributed by atoms with Gasteiger partial charge in [0.1, 0.15) is 5.01 Å². The van der Waals surface area contributed by atoms with Gasteiger partial charge in [0.25, 0.3) is 0 Å². The van der Waals surface area contributed by atoms with Crippen LogP contribution in [0.25, 0.3) is 10.6 Å². The highest BCUT2D eigenvalue weighted by molar-refractivity contribution is 7.13. The molecule has 1 aliphatic heterocycles. The van der Waals surface area contributed by atoms with Crippen molar-refractivity contribution < 1.29 is 23.8 Å². The number of alkyl carbamates (subject to hydrolysis) is 1. The molecule has 0 radical (unpaired) electrons. The Morgan fingerprint density at radius 1 is 1.21 bits per heavy atom. The summed E-state index contributed by atoms with van der Waals surface area (Å²) in [5, 5.41) is 5.20. The molecule has 0 bridgehead atoms. The zero-order valence-corrected chi connectivity index (χ0v) is 16.6. The van der Waals surface area contributed by atoms with Crippen LogP contribution in [0.4, 0.5) is 4.79 Å². The molecule has 0 saturated carbocycles. The van der Waals surface area contributed by atoms with Crippen LogP contribution >= 0.6 is 11.3 Å². The molecule has 1 amide bonds. The number of carbonyl (C=O) groups excluding carboxylic acids is 2. The van der Waals surface area contributed by atoms with E-state index >= 15 is 0 Å². The third kappa shape index (κ3) is 5.77. The summed E-state index contributed by atoms with van der Waals surface area (Å²) in [5.74, 6) is -0.0262. The SMILES string of the molecule is CCOC(=O)c1csc(-c2ccc(CNC(=O)OCC3CCOCC3)cc2)n1. The van der Waals surface area contributed by atoms with Crippen molar-refractivity contribution in [3.63, 3.8) is 0 Å². The van der Waals surface area contributed by atoms with E-state index in [0.29, 0.717) is 31.4 Å². The Kier molecular flexibility index (Phi) is 7.39. The molecule has 0 atom stereocenters. The molecule has 0 spiro atoms. The van der Waals surface area contributed by atoms with E-state index in [2.05, 4.69) is 10.3 Å². The molecule has 8 heteroatoms. The largest absolute Gasteiger partial charge is 0.461 e. The molecular weight excluding hydrogens is 380 g/mol. The van der Waals surface area contributed by atoms with Gasteiger partial charge in [-0.05, 0) is 31.2 Å². The molecule has 1 saturated heterocycles. The molecule has 1 aliphatic rings. The summed E-state index contributed by atoms with van der Waals surface area (Å²) in [6.07, 6.45) is 1.46. The number of aromatic nitrogens is 1. The zero-order chi connectivity index (χ0) is 19.8. The Morgan fingerprint density at radius 3 is 2.68 bits per heavy atom. The topological polar surface area (TPSA) is 86.8 Å². The number of ether oxygens (including phenoxy) is 3. The fourth-order valence-corrected chi connectivity index (χ4v) is 3.60. The second-order valence-corrected chi connectivity index (χ2v) is 7.32. The van der Waals surface area contributed by atoms with E-state index in [9.17, 15) is 9.59 Å². The standard InChI is InChI=1S/C20H24N2O5S/c1-2-26-19(23)17-13-28-18(22-17)16-5-3-14(4-6-16)11-21-20(24)27-12-15-7-9-25-10-8-15/h3-6,13,15H,2,7-12H2,1H3,(H,21,24). The molecule has 7 nitrogen and oxygen atoms in total. The van der Waals surface area contributed by atoms with Crippen molar-refractivity contribution in [3.8, 4) is 10.6 Å². The number of hydrogen-bond donors (Lipinski definition) is 1. The Labute approximate surface area is 168 Å². The smallest absolute Gasteiger partial charge is 0.407 e. The first-order chi connectivity index (χ1) is 13.7. The summed E-state index contributed by atoms with van der Waals surface area (Å²) in [6.45, 7) is 4.38. The Bertz CT molecular complexity index is 784. The maximum absolute atomic E-state index is 11.9. The number of thiazole rings is 1. The highest BCUT2D eigenvalue weighted by Gasteiger charge is 2.16. The van der Waals surface area contributed by atoms with Crippen LogP contribution in [0.5, 0.6) is 0 Å². The predicted molar refractivity (Wildman–Crippen MR) is 105 cm³/mol. The van der Waals surface area contributed by atoms with Gasteiger partial charge in [-0.2, -0.15) is 0 Å². The summed E-state index contributed by atoms with van der Waals surface area (Å²) in [7, 11) is 0. The normalized spacial score (nSPS) is 14.5. The van der Waals surface area contributed by atoms with Crippen LogP contribution in [0.2, 0.25) is 0 Å². The lowest BCUT2D eigenvalue weighted by Gasteiger charge is -2.21. The molecule has 1 fully saturated rings. The molecule has 1 aromatic heterocycles. The average Bonchev–Trinajstić information content (AvgIpc) is 3.22. The first kappa shape index (κ1) is 20.3. The minimum atomic E-state index is -0.412. The fourth-order valence-electron chi connectivity index (χ4n) is 2.80. The lowest BCUT2D eigenvalue weighted by molar-refractivity contribution is 0.0379. The average molecular weight is 404 g/mol. The predicted octanol–water partition coefficient (Wildman–Crippen LogP) is 3.64. The minimum absolute atomic E-state index is 0.319. The second-order valence-electron chi connectivity index (χ2n) is 6.46. The number of amides is 1. The van der Waals surface area contributed by atoms with E-state index in [-0.39, 0.29) is 0 Å². The molecule has 150 valence electrons. The molecule has 28 heavy (non-hydrogen) atoms. The van der Waals surface area contributed by atoms with Gasteiger partial charge in [-0.25, -0.2) is 14.6 Å². The van der Waals surface area contributed by atoms with Gasteiger partial charge >= 0.3 is 12.1 Å². The maximum Gasteiger partial charge on any atom is 0.407 e.